The quantitative estimate of drug-likeness (QED) is 0.200. The van der Waals surface area contributed by atoms with Crippen molar-refractivity contribution in [2.75, 3.05) is 0 Å². The van der Waals surface area contributed by atoms with Gasteiger partial charge in [0.15, 0.2) is 0 Å². The van der Waals surface area contributed by atoms with E-state index in [4.69, 9.17) is 8.75 Å². The van der Waals surface area contributed by atoms with Crippen LogP contribution in [-0.2, 0) is 0 Å². The second-order valence-electron chi connectivity index (χ2n) is 10.6. The summed E-state index contributed by atoms with van der Waals surface area (Å²) in [6, 6.07) is 4.58. The molecule has 2 nitrogen and oxygen atoms in total. The Morgan fingerprint density at radius 3 is 1.03 bits per heavy atom. The van der Waals surface area contributed by atoms with Crippen LogP contribution in [-0.4, -0.2) is 8.75 Å². The highest BCUT2D eigenvalue weighted by molar-refractivity contribution is 7.25. The molecule has 0 spiro atoms. The van der Waals surface area contributed by atoms with Gasteiger partial charge in [-0.1, -0.05) is 12.1 Å². The topological polar surface area (TPSA) is 25.8 Å². The third-order valence-corrected chi connectivity index (χ3v) is 14.9. The van der Waals surface area contributed by atoms with Gasteiger partial charge in [-0.05, 0) is 114 Å². The van der Waals surface area contributed by atoms with E-state index < -0.39 is 0 Å². The fourth-order valence-electron chi connectivity index (χ4n) is 5.29. The lowest BCUT2D eigenvalue weighted by Gasteiger charge is -2.06. The van der Waals surface area contributed by atoms with E-state index in [2.05, 4.69) is 81.4 Å². The van der Waals surface area contributed by atoms with Crippen molar-refractivity contribution in [3.8, 4) is 40.4 Å². The van der Waals surface area contributed by atoms with Crippen LogP contribution in [0.5, 0.6) is 0 Å². The minimum Gasteiger partial charge on any atom is -0.172 e. The van der Waals surface area contributed by atoms with Gasteiger partial charge in [-0.25, -0.2) is 0 Å². The normalized spacial score (nSPS) is 11.8. The molecule has 1 aromatic carbocycles. The first-order chi connectivity index (χ1) is 18.5. The fraction of sp³-hybridized carbons (Fsp3) is 0.312. The number of rotatable bonds is 4. The zero-order chi connectivity index (χ0) is 27.9. The first-order valence-electron chi connectivity index (χ1n) is 13.1. The maximum Gasteiger partial charge on any atom is 0.114 e. The van der Waals surface area contributed by atoms with Gasteiger partial charge in [0.05, 0.1) is 11.7 Å². The SMILES string of the molecule is Cc1sc(-c2sc(-c3ccc(-c4sc(-c5sc(C)c(C)c5C)c(C)c4C)c4nsnc34)c(C)c2C)c(C)c1C. The highest BCUT2D eigenvalue weighted by Gasteiger charge is 2.24. The molecule has 0 N–H and O–H groups in total. The zero-order valence-corrected chi connectivity index (χ0v) is 28.2. The summed E-state index contributed by atoms with van der Waals surface area (Å²) in [5, 5.41) is 0. The van der Waals surface area contributed by atoms with E-state index >= 15 is 0 Å². The second kappa shape index (κ2) is 9.74. The zero-order valence-electron chi connectivity index (χ0n) is 24.1. The number of hydrogen-bond acceptors (Lipinski definition) is 7. The number of hydrogen-bond donors (Lipinski definition) is 0. The highest BCUT2D eigenvalue weighted by Crippen LogP contribution is 2.50. The van der Waals surface area contributed by atoms with Gasteiger partial charge in [0.2, 0.25) is 0 Å². The molecular formula is C32H32N2S5. The highest BCUT2D eigenvalue weighted by atomic mass is 32.1. The summed E-state index contributed by atoms with van der Waals surface area (Å²) < 4.78 is 9.72. The molecule has 7 heteroatoms. The van der Waals surface area contributed by atoms with Crippen molar-refractivity contribution in [3.63, 3.8) is 0 Å². The van der Waals surface area contributed by atoms with Crippen LogP contribution < -0.4 is 0 Å². The average Bonchev–Trinajstić information content (AvgIpc) is 3.70. The first kappa shape index (κ1) is 27.0. The summed E-state index contributed by atoms with van der Waals surface area (Å²) in [5.74, 6) is 0. The fourth-order valence-corrected chi connectivity index (χ4v) is 11.4. The Hall–Kier alpha value is -2.16. The maximum absolute atomic E-state index is 4.86. The smallest absolute Gasteiger partial charge is 0.114 e. The van der Waals surface area contributed by atoms with E-state index in [1.54, 1.807) is 0 Å². The summed E-state index contributed by atoms with van der Waals surface area (Å²) in [5.41, 5.74) is 15.6. The molecule has 0 amide bonds. The molecule has 0 atom stereocenters. The van der Waals surface area contributed by atoms with E-state index in [0.29, 0.717) is 0 Å². The maximum atomic E-state index is 4.86. The van der Waals surface area contributed by atoms with Crippen molar-refractivity contribution in [2.24, 2.45) is 0 Å². The molecule has 6 aromatic rings. The molecule has 0 aliphatic rings. The number of fused-ring (bicyclic) bond motifs is 1. The molecule has 6 rings (SSSR count). The molecule has 5 aromatic heterocycles. The van der Waals surface area contributed by atoms with Crippen LogP contribution >= 0.6 is 57.1 Å². The molecule has 39 heavy (non-hydrogen) atoms. The minimum absolute atomic E-state index is 1.02. The van der Waals surface area contributed by atoms with E-state index in [-0.39, 0.29) is 0 Å². The number of aryl methyl sites for hydroxylation is 2. The monoisotopic (exact) mass is 604 g/mol. The van der Waals surface area contributed by atoms with Crippen LogP contribution in [0.2, 0.25) is 0 Å². The minimum atomic E-state index is 1.02. The van der Waals surface area contributed by atoms with Gasteiger partial charge in [-0.3, -0.25) is 0 Å². The van der Waals surface area contributed by atoms with E-state index in [0.717, 1.165) is 11.0 Å². The van der Waals surface area contributed by atoms with Crippen LogP contribution in [0.3, 0.4) is 0 Å². The summed E-state index contributed by atoms with van der Waals surface area (Å²) in [7, 11) is 0. The third-order valence-electron chi connectivity index (χ3n) is 8.59. The summed E-state index contributed by atoms with van der Waals surface area (Å²) in [6.45, 7) is 22.6. The molecular weight excluding hydrogens is 573 g/mol. The van der Waals surface area contributed by atoms with E-state index in [9.17, 15) is 0 Å². The van der Waals surface area contributed by atoms with Crippen LogP contribution in [0.4, 0.5) is 0 Å². The Kier molecular flexibility index (Phi) is 6.75. The second-order valence-corrected chi connectivity index (χ2v) is 15.6. The molecule has 200 valence electrons. The van der Waals surface area contributed by atoms with Gasteiger partial charge in [0.1, 0.15) is 11.0 Å². The summed E-state index contributed by atoms with van der Waals surface area (Å²) in [4.78, 5) is 11.1. The molecule has 0 fully saturated rings. The van der Waals surface area contributed by atoms with Gasteiger partial charge in [0.25, 0.3) is 0 Å². The van der Waals surface area contributed by atoms with Gasteiger partial charge in [-0.15, -0.1) is 45.3 Å². The Bertz CT molecular complexity index is 1780. The molecule has 0 bridgehead atoms. The van der Waals surface area contributed by atoms with Crippen molar-refractivity contribution < 1.29 is 0 Å². The lowest BCUT2D eigenvalue weighted by molar-refractivity contribution is 1.35. The lowest BCUT2D eigenvalue weighted by atomic mass is 9.99. The lowest BCUT2D eigenvalue weighted by Crippen LogP contribution is -1.86. The first-order valence-corrected chi connectivity index (χ1v) is 17.1. The third kappa shape index (κ3) is 4.04. The van der Waals surface area contributed by atoms with Crippen LogP contribution in [0.1, 0.15) is 54.3 Å². The Morgan fingerprint density at radius 2 is 0.692 bits per heavy atom. The van der Waals surface area contributed by atoms with Crippen molar-refractivity contribution in [2.45, 2.75) is 69.2 Å². The molecule has 0 radical (unpaired) electrons. The van der Waals surface area contributed by atoms with Crippen molar-refractivity contribution in [3.05, 3.63) is 66.4 Å². The van der Waals surface area contributed by atoms with Crippen molar-refractivity contribution in [1.82, 2.24) is 8.75 Å². The van der Waals surface area contributed by atoms with Gasteiger partial charge < -0.3 is 0 Å². The Labute approximate surface area is 251 Å². The number of aromatic nitrogens is 2. The van der Waals surface area contributed by atoms with E-state index in [1.165, 1.54) is 106 Å². The van der Waals surface area contributed by atoms with E-state index in [1.807, 2.05) is 45.3 Å². The molecule has 0 saturated carbocycles. The number of nitrogens with zero attached hydrogens (tertiary/aromatic N) is 2. The average molecular weight is 605 g/mol. The van der Waals surface area contributed by atoms with Crippen LogP contribution in [0.15, 0.2) is 12.1 Å². The predicted octanol–water partition coefficient (Wildman–Crippen LogP) is 11.7. The Balaban J connectivity index is 1.50. The largest absolute Gasteiger partial charge is 0.172 e. The summed E-state index contributed by atoms with van der Waals surface area (Å²) >= 11 is 9.00. The summed E-state index contributed by atoms with van der Waals surface area (Å²) in [6.07, 6.45) is 0. The van der Waals surface area contributed by atoms with Gasteiger partial charge in [-0.2, -0.15) is 8.75 Å². The van der Waals surface area contributed by atoms with Crippen molar-refractivity contribution in [1.29, 1.82) is 0 Å². The van der Waals surface area contributed by atoms with Gasteiger partial charge in [0, 0.05) is 50.1 Å². The van der Waals surface area contributed by atoms with Crippen LogP contribution in [0, 0.1) is 69.2 Å². The number of thiophene rings is 4. The number of benzene rings is 1. The van der Waals surface area contributed by atoms with Gasteiger partial charge >= 0.3 is 0 Å². The van der Waals surface area contributed by atoms with Crippen LogP contribution in [0.25, 0.3) is 51.4 Å². The van der Waals surface area contributed by atoms with Crippen molar-refractivity contribution >= 4 is 68.1 Å². The predicted molar refractivity (Wildman–Crippen MR) is 178 cm³/mol. The molecule has 0 aliphatic heterocycles. The standard InChI is InChI=1S/C32H32N2S5/c1-13-15(3)29(35-21(13)9)31-19(7)17(5)27(37-31)23-11-12-24(26-25(23)33-39-34-26)28-18(6)20(8)32(38-28)30-16(4)14(2)22(10)36-30/h11-12H,1-10H3. The Morgan fingerprint density at radius 1 is 0.385 bits per heavy atom. The molecule has 0 saturated heterocycles. The molecule has 0 aliphatic carbocycles. The molecule has 5 heterocycles. The molecule has 0 unspecified atom stereocenters.